The lowest BCUT2D eigenvalue weighted by atomic mass is 10.0. The summed E-state index contributed by atoms with van der Waals surface area (Å²) >= 11 is 0. The van der Waals surface area contributed by atoms with Gasteiger partial charge in [0.25, 0.3) is 5.91 Å². The Hall–Kier alpha value is -4.38. The fourth-order valence-corrected chi connectivity index (χ4v) is 4.02. The molecule has 0 aromatic heterocycles. The Kier molecular flexibility index (Phi) is 5.83. The molecule has 4 aromatic carbocycles. The summed E-state index contributed by atoms with van der Waals surface area (Å²) in [6, 6.07) is 29.0. The number of hydrogen-bond donors (Lipinski definition) is 1. The molecule has 34 heavy (non-hydrogen) atoms. The van der Waals surface area contributed by atoms with Crippen LogP contribution in [0.15, 0.2) is 96.7 Å². The highest BCUT2D eigenvalue weighted by atomic mass is 16.5. The molecule has 3 amide bonds. The number of fused-ring (bicyclic) bond motifs is 1. The Balaban J connectivity index is 1.48. The molecule has 5 heteroatoms. The van der Waals surface area contributed by atoms with Crippen LogP contribution in [0.25, 0.3) is 16.8 Å². The molecule has 0 saturated carbocycles. The lowest BCUT2D eigenvalue weighted by Gasteiger charge is -2.13. The second-order valence-corrected chi connectivity index (χ2v) is 8.34. The lowest BCUT2D eigenvalue weighted by molar-refractivity contribution is -0.123. The predicted octanol–water partition coefficient (Wildman–Crippen LogP) is 5.82. The second-order valence-electron chi connectivity index (χ2n) is 8.34. The largest absolute Gasteiger partial charge is 0.488 e. The molecule has 168 valence electrons. The molecule has 1 saturated heterocycles. The Bertz CT molecular complexity index is 1390. The molecule has 1 heterocycles. The molecular formula is C29H24N2O3. The fourth-order valence-electron chi connectivity index (χ4n) is 4.02. The smallest absolute Gasteiger partial charge is 0.329 e. The first-order valence-corrected chi connectivity index (χ1v) is 11.2. The quantitative estimate of drug-likeness (QED) is 0.299. The zero-order chi connectivity index (χ0) is 23.5. The van der Waals surface area contributed by atoms with E-state index in [4.69, 9.17) is 4.74 Å². The van der Waals surface area contributed by atoms with E-state index in [2.05, 4.69) is 17.4 Å². The van der Waals surface area contributed by atoms with Gasteiger partial charge in [0.1, 0.15) is 18.1 Å². The molecule has 0 spiro atoms. The highest BCUT2D eigenvalue weighted by molar-refractivity contribution is 6.14. The standard InChI is InChI=1S/C29H24N2O3/c1-20-11-13-22(14-12-20)19-34-27-16-15-23-9-5-6-10-24(23)25(27)17-26-28(32)31(29(33)30-26)18-21-7-3-2-4-8-21/h2-17H,18-19H2,1H3,(H,30,33)/b26-17+. The first-order valence-electron chi connectivity index (χ1n) is 11.2. The molecule has 1 N–H and O–H groups in total. The van der Waals surface area contributed by atoms with E-state index in [0.717, 1.165) is 27.5 Å². The minimum absolute atomic E-state index is 0.217. The average molecular weight is 449 g/mol. The van der Waals surface area contributed by atoms with Gasteiger partial charge in [0.15, 0.2) is 0 Å². The molecule has 5 rings (SSSR count). The van der Waals surface area contributed by atoms with E-state index in [0.29, 0.717) is 12.4 Å². The number of carbonyl (C=O) groups excluding carboxylic acids is 2. The van der Waals surface area contributed by atoms with Crippen LogP contribution in [-0.2, 0) is 17.9 Å². The first kappa shape index (κ1) is 21.5. The molecule has 4 aromatic rings. The molecule has 0 radical (unpaired) electrons. The maximum absolute atomic E-state index is 13.1. The summed E-state index contributed by atoms with van der Waals surface area (Å²) in [5, 5.41) is 4.70. The zero-order valence-electron chi connectivity index (χ0n) is 18.8. The first-order chi connectivity index (χ1) is 16.6. The van der Waals surface area contributed by atoms with E-state index in [1.54, 1.807) is 6.08 Å². The molecule has 0 unspecified atom stereocenters. The number of nitrogens with zero attached hydrogens (tertiary/aromatic N) is 1. The van der Waals surface area contributed by atoms with Gasteiger partial charge >= 0.3 is 6.03 Å². The van der Waals surface area contributed by atoms with Crippen molar-refractivity contribution >= 4 is 28.8 Å². The van der Waals surface area contributed by atoms with Crippen molar-refractivity contribution in [2.45, 2.75) is 20.1 Å². The Morgan fingerprint density at radius 3 is 2.35 bits per heavy atom. The highest BCUT2D eigenvalue weighted by Crippen LogP contribution is 2.31. The maximum atomic E-state index is 13.1. The van der Waals surface area contributed by atoms with Gasteiger partial charge in [0.05, 0.1) is 6.54 Å². The van der Waals surface area contributed by atoms with Gasteiger partial charge in [-0.05, 0) is 41.0 Å². The van der Waals surface area contributed by atoms with Gasteiger partial charge in [0.2, 0.25) is 0 Å². The van der Waals surface area contributed by atoms with E-state index >= 15 is 0 Å². The van der Waals surface area contributed by atoms with Crippen molar-refractivity contribution in [3.05, 3.63) is 119 Å². The number of urea groups is 1. The molecule has 1 fully saturated rings. The summed E-state index contributed by atoms with van der Waals surface area (Å²) < 4.78 is 6.18. The van der Waals surface area contributed by atoms with Crippen molar-refractivity contribution in [1.82, 2.24) is 10.2 Å². The second kappa shape index (κ2) is 9.24. The summed E-state index contributed by atoms with van der Waals surface area (Å²) in [5.41, 5.74) is 4.12. The van der Waals surface area contributed by atoms with Gasteiger partial charge in [-0.2, -0.15) is 0 Å². The van der Waals surface area contributed by atoms with Crippen LogP contribution < -0.4 is 10.1 Å². The monoisotopic (exact) mass is 448 g/mol. The van der Waals surface area contributed by atoms with Gasteiger partial charge in [-0.3, -0.25) is 9.69 Å². The van der Waals surface area contributed by atoms with E-state index < -0.39 is 6.03 Å². The molecule has 5 nitrogen and oxygen atoms in total. The molecule has 0 aliphatic carbocycles. The summed E-state index contributed by atoms with van der Waals surface area (Å²) in [6.07, 6.45) is 1.72. The molecule has 1 aliphatic heterocycles. The van der Waals surface area contributed by atoms with Crippen molar-refractivity contribution < 1.29 is 14.3 Å². The summed E-state index contributed by atoms with van der Waals surface area (Å²) in [7, 11) is 0. The number of carbonyl (C=O) groups is 2. The normalized spacial score (nSPS) is 14.6. The third-order valence-electron chi connectivity index (χ3n) is 5.88. The minimum Gasteiger partial charge on any atom is -0.488 e. The number of benzene rings is 4. The van der Waals surface area contributed by atoms with Gasteiger partial charge in [-0.1, -0.05) is 90.5 Å². The van der Waals surface area contributed by atoms with E-state index in [1.807, 2.05) is 85.8 Å². The van der Waals surface area contributed by atoms with Crippen molar-refractivity contribution in [1.29, 1.82) is 0 Å². The van der Waals surface area contributed by atoms with Gasteiger partial charge < -0.3 is 10.1 Å². The minimum atomic E-state index is -0.428. The van der Waals surface area contributed by atoms with Crippen LogP contribution >= 0.6 is 0 Å². The lowest BCUT2D eigenvalue weighted by Crippen LogP contribution is -2.30. The molecule has 1 aliphatic rings. The van der Waals surface area contributed by atoms with Crippen LogP contribution in [0, 0.1) is 6.92 Å². The number of ether oxygens (including phenoxy) is 1. The van der Waals surface area contributed by atoms with Crippen LogP contribution in [0.2, 0.25) is 0 Å². The number of amides is 3. The number of imide groups is 1. The van der Waals surface area contributed by atoms with E-state index in [1.165, 1.54) is 10.5 Å². The number of rotatable bonds is 6. The topological polar surface area (TPSA) is 58.6 Å². The molecule has 0 atom stereocenters. The van der Waals surface area contributed by atoms with Crippen molar-refractivity contribution in [2.24, 2.45) is 0 Å². The third kappa shape index (κ3) is 4.41. The van der Waals surface area contributed by atoms with Crippen LogP contribution in [0.3, 0.4) is 0 Å². The number of hydrogen-bond acceptors (Lipinski definition) is 3. The average Bonchev–Trinajstić information content (AvgIpc) is 3.12. The van der Waals surface area contributed by atoms with E-state index in [-0.39, 0.29) is 18.1 Å². The summed E-state index contributed by atoms with van der Waals surface area (Å²) in [6.45, 7) is 2.66. The summed E-state index contributed by atoms with van der Waals surface area (Å²) in [4.78, 5) is 26.9. The van der Waals surface area contributed by atoms with Crippen LogP contribution in [0.1, 0.15) is 22.3 Å². The van der Waals surface area contributed by atoms with E-state index in [9.17, 15) is 9.59 Å². The fraction of sp³-hybridized carbons (Fsp3) is 0.103. The van der Waals surface area contributed by atoms with Gasteiger partial charge in [-0.15, -0.1) is 0 Å². The van der Waals surface area contributed by atoms with Crippen LogP contribution in [0.5, 0.6) is 5.75 Å². The van der Waals surface area contributed by atoms with Gasteiger partial charge in [-0.25, -0.2) is 4.79 Å². The van der Waals surface area contributed by atoms with Crippen molar-refractivity contribution in [3.8, 4) is 5.75 Å². The number of nitrogens with one attached hydrogen (secondary N) is 1. The van der Waals surface area contributed by atoms with Crippen LogP contribution in [0.4, 0.5) is 4.79 Å². The maximum Gasteiger partial charge on any atom is 0.329 e. The number of aryl methyl sites for hydroxylation is 1. The molecular weight excluding hydrogens is 424 g/mol. The Labute approximate surface area is 198 Å². The highest BCUT2D eigenvalue weighted by Gasteiger charge is 2.33. The Morgan fingerprint density at radius 2 is 1.56 bits per heavy atom. The Morgan fingerprint density at radius 1 is 0.824 bits per heavy atom. The van der Waals surface area contributed by atoms with Crippen LogP contribution in [-0.4, -0.2) is 16.8 Å². The predicted molar refractivity (Wildman–Crippen MR) is 133 cm³/mol. The van der Waals surface area contributed by atoms with Crippen molar-refractivity contribution in [3.63, 3.8) is 0 Å². The van der Waals surface area contributed by atoms with Gasteiger partial charge in [0, 0.05) is 5.56 Å². The zero-order valence-corrected chi connectivity index (χ0v) is 18.8. The summed E-state index contributed by atoms with van der Waals surface area (Å²) in [5.74, 6) is 0.293. The molecule has 0 bridgehead atoms. The van der Waals surface area contributed by atoms with Crippen molar-refractivity contribution in [2.75, 3.05) is 0 Å². The SMILES string of the molecule is Cc1ccc(COc2ccc3ccccc3c2/C=C2/NC(=O)N(Cc3ccccc3)C2=O)cc1. The third-order valence-corrected chi connectivity index (χ3v) is 5.88.